The number of nitrogen functional groups attached to an aromatic ring is 1. The summed E-state index contributed by atoms with van der Waals surface area (Å²) in [6.07, 6.45) is 2.01. The lowest BCUT2D eigenvalue weighted by Gasteiger charge is -2.21. The van der Waals surface area contributed by atoms with Gasteiger partial charge >= 0.3 is 0 Å². The lowest BCUT2D eigenvalue weighted by atomic mass is 9.92. The molecule has 1 saturated heterocycles. The Morgan fingerprint density at radius 1 is 1.43 bits per heavy atom. The van der Waals surface area contributed by atoms with Crippen molar-refractivity contribution in [2.24, 2.45) is 0 Å². The average Bonchev–Trinajstić information content (AvgIpc) is 2.89. The molecule has 2 heterocycles. The highest BCUT2D eigenvalue weighted by Crippen LogP contribution is 2.41. The Balaban J connectivity index is 2.09. The third kappa shape index (κ3) is 2.71. The van der Waals surface area contributed by atoms with E-state index in [0.717, 1.165) is 36.3 Å². The summed E-state index contributed by atoms with van der Waals surface area (Å²) < 4.78 is 16.2. The summed E-state index contributed by atoms with van der Waals surface area (Å²) in [5, 5.41) is 4.75. The molecule has 1 aromatic heterocycles. The zero-order chi connectivity index (χ0) is 14.8. The second-order valence-electron chi connectivity index (χ2n) is 5.07. The number of aromatic nitrogens is 1. The summed E-state index contributed by atoms with van der Waals surface area (Å²) in [5.74, 6) is 1.14. The van der Waals surface area contributed by atoms with Gasteiger partial charge in [0.2, 0.25) is 5.88 Å². The molecule has 0 radical (unpaired) electrons. The molecular weight excluding hydrogens is 292 g/mol. The summed E-state index contributed by atoms with van der Waals surface area (Å²) in [6.45, 7) is 1.42. The van der Waals surface area contributed by atoms with E-state index in [1.54, 1.807) is 13.2 Å². The molecule has 21 heavy (non-hydrogen) atoms. The van der Waals surface area contributed by atoms with Gasteiger partial charge in [-0.05, 0) is 31.0 Å². The van der Waals surface area contributed by atoms with Crippen molar-refractivity contribution in [1.82, 2.24) is 5.16 Å². The van der Waals surface area contributed by atoms with Crippen molar-refractivity contribution in [3.63, 3.8) is 0 Å². The van der Waals surface area contributed by atoms with Crippen molar-refractivity contribution in [1.29, 1.82) is 0 Å². The van der Waals surface area contributed by atoms with Crippen molar-refractivity contribution in [2.75, 3.05) is 26.1 Å². The lowest BCUT2D eigenvalue weighted by molar-refractivity contribution is 0.0785. The first-order valence-corrected chi connectivity index (χ1v) is 7.25. The van der Waals surface area contributed by atoms with Crippen LogP contribution in [0, 0.1) is 0 Å². The highest BCUT2D eigenvalue weighted by atomic mass is 35.5. The van der Waals surface area contributed by atoms with Gasteiger partial charge in [-0.2, -0.15) is 0 Å². The Morgan fingerprint density at radius 2 is 2.29 bits per heavy atom. The van der Waals surface area contributed by atoms with E-state index in [1.807, 2.05) is 12.1 Å². The van der Waals surface area contributed by atoms with Gasteiger partial charge < -0.3 is 19.7 Å². The van der Waals surface area contributed by atoms with Gasteiger partial charge in [0, 0.05) is 23.1 Å². The highest BCUT2D eigenvalue weighted by molar-refractivity contribution is 6.31. The minimum atomic E-state index is 0.179. The SMILES string of the molecule is COc1ccc(Cl)cc1-c1c(C2CCCOC2)noc1N. The number of methoxy groups -OCH3 is 1. The summed E-state index contributed by atoms with van der Waals surface area (Å²) in [7, 11) is 1.61. The fourth-order valence-corrected chi connectivity index (χ4v) is 2.87. The van der Waals surface area contributed by atoms with Crippen molar-refractivity contribution in [3.05, 3.63) is 28.9 Å². The van der Waals surface area contributed by atoms with Crippen LogP contribution in [0.1, 0.15) is 24.5 Å². The monoisotopic (exact) mass is 308 g/mol. The molecule has 1 aliphatic heterocycles. The van der Waals surface area contributed by atoms with Crippen LogP contribution in [0.25, 0.3) is 11.1 Å². The molecule has 6 heteroatoms. The quantitative estimate of drug-likeness (QED) is 0.940. The summed E-state index contributed by atoms with van der Waals surface area (Å²) >= 11 is 6.11. The van der Waals surface area contributed by atoms with Crippen LogP contribution in [0.15, 0.2) is 22.7 Å². The number of benzene rings is 1. The lowest BCUT2D eigenvalue weighted by Crippen LogP contribution is -2.16. The van der Waals surface area contributed by atoms with E-state index >= 15 is 0 Å². The number of ether oxygens (including phenoxy) is 2. The van der Waals surface area contributed by atoms with Crippen LogP contribution < -0.4 is 10.5 Å². The third-order valence-corrected chi connectivity index (χ3v) is 3.96. The van der Waals surface area contributed by atoms with E-state index in [0.29, 0.717) is 17.4 Å². The first-order valence-electron chi connectivity index (χ1n) is 6.87. The van der Waals surface area contributed by atoms with E-state index in [9.17, 15) is 0 Å². The fraction of sp³-hybridized carbons (Fsp3) is 0.400. The zero-order valence-corrected chi connectivity index (χ0v) is 12.5. The molecule has 3 rings (SSSR count). The average molecular weight is 309 g/mol. The predicted molar refractivity (Wildman–Crippen MR) is 80.7 cm³/mol. The van der Waals surface area contributed by atoms with E-state index < -0.39 is 0 Å². The van der Waals surface area contributed by atoms with Gasteiger partial charge in [-0.25, -0.2) is 0 Å². The Hall–Kier alpha value is -1.72. The second kappa shape index (κ2) is 5.95. The maximum absolute atomic E-state index is 6.11. The first-order chi connectivity index (χ1) is 10.2. The Kier molecular flexibility index (Phi) is 4.03. The number of hydrogen-bond acceptors (Lipinski definition) is 5. The number of nitrogens with zero attached hydrogens (tertiary/aromatic N) is 1. The standard InChI is InChI=1S/C15H17ClN2O3/c1-19-12-5-4-10(16)7-11(12)13-14(18-21-15(13)17)9-3-2-6-20-8-9/h4-5,7,9H,2-3,6,8,17H2,1H3. The van der Waals surface area contributed by atoms with Crippen LogP contribution in [-0.4, -0.2) is 25.5 Å². The van der Waals surface area contributed by atoms with E-state index in [-0.39, 0.29) is 11.8 Å². The minimum absolute atomic E-state index is 0.179. The highest BCUT2D eigenvalue weighted by Gasteiger charge is 2.27. The molecule has 1 aromatic carbocycles. The van der Waals surface area contributed by atoms with Crippen molar-refractivity contribution >= 4 is 17.5 Å². The number of rotatable bonds is 3. The maximum atomic E-state index is 6.11. The van der Waals surface area contributed by atoms with Crippen LogP contribution >= 0.6 is 11.6 Å². The molecule has 0 amide bonds. The molecule has 112 valence electrons. The predicted octanol–water partition coefficient (Wildman–Crippen LogP) is 3.48. The third-order valence-electron chi connectivity index (χ3n) is 3.72. The smallest absolute Gasteiger partial charge is 0.230 e. The molecule has 1 fully saturated rings. The van der Waals surface area contributed by atoms with E-state index in [2.05, 4.69) is 5.16 Å². The van der Waals surface area contributed by atoms with Gasteiger partial charge in [0.25, 0.3) is 0 Å². The van der Waals surface area contributed by atoms with Gasteiger partial charge in [-0.1, -0.05) is 16.8 Å². The molecule has 1 aliphatic rings. The van der Waals surface area contributed by atoms with Crippen LogP contribution in [0.5, 0.6) is 5.75 Å². The Labute approximate surface area is 128 Å². The fourth-order valence-electron chi connectivity index (χ4n) is 2.70. The number of halogens is 1. The number of hydrogen-bond donors (Lipinski definition) is 1. The molecule has 0 aliphatic carbocycles. The Morgan fingerprint density at radius 3 is 3.00 bits per heavy atom. The Bertz CT molecular complexity index is 636. The van der Waals surface area contributed by atoms with Gasteiger partial charge in [-0.3, -0.25) is 0 Å². The molecule has 2 aromatic rings. The summed E-state index contributed by atoms with van der Waals surface area (Å²) in [4.78, 5) is 0. The van der Waals surface area contributed by atoms with Gasteiger partial charge in [-0.15, -0.1) is 0 Å². The largest absolute Gasteiger partial charge is 0.496 e. The normalized spacial score (nSPS) is 18.7. The zero-order valence-electron chi connectivity index (χ0n) is 11.8. The van der Waals surface area contributed by atoms with Crippen molar-refractivity contribution in [2.45, 2.75) is 18.8 Å². The molecule has 5 nitrogen and oxygen atoms in total. The minimum Gasteiger partial charge on any atom is -0.496 e. The molecule has 0 spiro atoms. The number of anilines is 1. The van der Waals surface area contributed by atoms with E-state index in [4.69, 9.17) is 31.3 Å². The van der Waals surface area contributed by atoms with Crippen molar-refractivity contribution < 1.29 is 14.0 Å². The van der Waals surface area contributed by atoms with Crippen LogP contribution in [0.4, 0.5) is 5.88 Å². The number of nitrogens with two attached hydrogens (primary N) is 1. The molecule has 0 bridgehead atoms. The summed E-state index contributed by atoms with van der Waals surface area (Å²) in [6, 6.07) is 5.40. The molecular formula is C15H17ClN2O3. The molecule has 1 unspecified atom stereocenters. The first kappa shape index (κ1) is 14.2. The van der Waals surface area contributed by atoms with E-state index in [1.165, 1.54) is 0 Å². The summed E-state index contributed by atoms with van der Waals surface area (Å²) in [5.41, 5.74) is 8.35. The second-order valence-corrected chi connectivity index (χ2v) is 5.50. The topological polar surface area (TPSA) is 70.5 Å². The van der Waals surface area contributed by atoms with Crippen LogP contribution in [-0.2, 0) is 4.74 Å². The molecule has 1 atom stereocenters. The van der Waals surface area contributed by atoms with Gasteiger partial charge in [0.15, 0.2) is 0 Å². The molecule has 0 saturated carbocycles. The van der Waals surface area contributed by atoms with Gasteiger partial charge in [0.1, 0.15) is 5.75 Å². The van der Waals surface area contributed by atoms with Crippen LogP contribution in [0.3, 0.4) is 0 Å². The van der Waals surface area contributed by atoms with Gasteiger partial charge in [0.05, 0.1) is 25.0 Å². The van der Waals surface area contributed by atoms with Crippen molar-refractivity contribution in [3.8, 4) is 16.9 Å². The maximum Gasteiger partial charge on any atom is 0.230 e. The molecule has 2 N–H and O–H groups in total. The van der Waals surface area contributed by atoms with Crippen LogP contribution in [0.2, 0.25) is 5.02 Å².